The molecule has 2 amide bonds. The van der Waals surface area contributed by atoms with Gasteiger partial charge < -0.3 is 15.0 Å². The molecule has 2 saturated heterocycles. The van der Waals surface area contributed by atoms with Crippen LogP contribution in [-0.2, 0) is 9.53 Å². The molecular weight excluding hydrogens is 340 g/mol. The summed E-state index contributed by atoms with van der Waals surface area (Å²) in [7, 11) is 0. The zero-order valence-corrected chi connectivity index (χ0v) is 15.3. The third-order valence-electron chi connectivity index (χ3n) is 5.80. The van der Waals surface area contributed by atoms with Gasteiger partial charge in [0.25, 0.3) is 5.91 Å². The van der Waals surface area contributed by atoms with E-state index in [4.69, 9.17) is 4.74 Å². The van der Waals surface area contributed by atoms with Crippen LogP contribution in [0.1, 0.15) is 23.2 Å². The Morgan fingerprint density at radius 1 is 0.963 bits per heavy atom. The maximum absolute atomic E-state index is 13.1. The highest BCUT2D eigenvalue weighted by Gasteiger charge is 2.51. The van der Waals surface area contributed by atoms with E-state index < -0.39 is 0 Å². The molecule has 5 nitrogen and oxygen atoms in total. The Morgan fingerprint density at radius 3 is 2.26 bits per heavy atom. The third-order valence-corrected chi connectivity index (χ3v) is 5.80. The van der Waals surface area contributed by atoms with Gasteiger partial charge in [-0.2, -0.15) is 0 Å². The molecule has 1 spiro atoms. The van der Waals surface area contributed by atoms with Crippen LogP contribution in [0, 0.1) is 11.3 Å². The average molecular weight is 364 g/mol. The molecule has 27 heavy (non-hydrogen) atoms. The number of ether oxygens (including phenoxy) is 1. The molecular formula is C22H24N2O3. The van der Waals surface area contributed by atoms with Gasteiger partial charge in [-0.05, 0) is 37.1 Å². The monoisotopic (exact) mass is 364 g/mol. The van der Waals surface area contributed by atoms with Gasteiger partial charge in [-0.1, -0.05) is 36.4 Å². The largest absolute Gasteiger partial charge is 0.381 e. The van der Waals surface area contributed by atoms with Crippen molar-refractivity contribution in [2.75, 3.05) is 31.6 Å². The number of nitrogens with one attached hydrogen (secondary N) is 1. The third kappa shape index (κ3) is 3.60. The van der Waals surface area contributed by atoms with Crippen molar-refractivity contribution in [3.8, 4) is 0 Å². The second-order valence-corrected chi connectivity index (χ2v) is 7.43. The number of benzene rings is 2. The molecule has 0 saturated carbocycles. The molecule has 2 aromatic rings. The van der Waals surface area contributed by atoms with Crippen LogP contribution < -0.4 is 5.32 Å². The first-order chi connectivity index (χ1) is 13.2. The molecule has 2 aromatic carbocycles. The van der Waals surface area contributed by atoms with Gasteiger partial charge in [0.05, 0.1) is 5.92 Å². The van der Waals surface area contributed by atoms with Crippen LogP contribution >= 0.6 is 0 Å². The highest BCUT2D eigenvalue weighted by atomic mass is 16.5. The number of rotatable bonds is 3. The van der Waals surface area contributed by atoms with Gasteiger partial charge in [0.1, 0.15) is 0 Å². The maximum atomic E-state index is 13.1. The molecule has 2 heterocycles. The van der Waals surface area contributed by atoms with Gasteiger partial charge in [0.15, 0.2) is 0 Å². The van der Waals surface area contributed by atoms with E-state index in [1.807, 2.05) is 65.6 Å². The Labute approximate surface area is 159 Å². The number of anilines is 1. The maximum Gasteiger partial charge on any atom is 0.253 e. The van der Waals surface area contributed by atoms with Crippen LogP contribution in [0.4, 0.5) is 5.69 Å². The standard InChI is InChI=1S/C22H24N2O3/c25-20(23-18-9-5-2-6-10-18)19-15-24(16-22(19)11-13-27-14-12-22)21(26)17-7-3-1-4-8-17/h1-10,19H,11-16H2,(H,23,25)/t19-/m0/s1. The topological polar surface area (TPSA) is 58.6 Å². The van der Waals surface area contributed by atoms with Gasteiger partial charge >= 0.3 is 0 Å². The van der Waals surface area contributed by atoms with E-state index in [9.17, 15) is 9.59 Å². The van der Waals surface area contributed by atoms with Crippen LogP contribution in [0.5, 0.6) is 0 Å². The van der Waals surface area contributed by atoms with E-state index >= 15 is 0 Å². The fourth-order valence-corrected chi connectivity index (χ4v) is 4.28. The lowest BCUT2D eigenvalue weighted by Crippen LogP contribution is -2.42. The van der Waals surface area contributed by atoms with E-state index in [2.05, 4.69) is 5.32 Å². The number of nitrogens with zero attached hydrogens (tertiary/aromatic N) is 1. The van der Waals surface area contributed by atoms with Gasteiger partial charge in [0.2, 0.25) is 5.91 Å². The van der Waals surface area contributed by atoms with Crippen molar-refractivity contribution < 1.29 is 14.3 Å². The fourth-order valence-electron chi connectivity index (χ4n) is 4.28. The summed E-state index contributed by atoms with van der Waals surface area (Å²) < 4.78 is 5.55. The summed E-state index contributed by atoms with van der Waals surface area (Å²) >= 11 is 0. The Morgan fingerprint density at radius 2 is 1.59 bits per heavy atom. The molecule has 1 N–H and O–H groups in total. The van der Waals surface area contributed by atoms with Crippen molar-refractivity contribution in [2.45, 2.75) is 12.8 Å². The predicted octanol–water partition coefficient (Wildman–Crippen LogP) is 3.19. The number of carbonyl (C=O) groups is 2. The van der Waals surface area contributed by atoms with E-state index in [-0.39, 0.29) is 23.1 Å². The lowest BCUT2D eigenvalue weighted by atomic mass is 9.71. The summed E-state index contributed by atoms with van der Waals surface area (Å²) in [4.78, 5) is 27.9. The average Bonchev–Trinajstić information content (AvgIpc) is 3.08. The Kier molecular flexibility index (Phi) is 4.94. The number of hydrogen-bond acceptors (Lipinski definition) is 3. The normalized spacial score (nSPS) is 21.2. The number of hydrogen-bond donors (Lipinski definition) is 1. The smallest absolute Gasteiger partial charge is 0.253 e. The first-order valence-corrected chi connectivity index (χ1v) is 9.46. The van der Waals surface area contributed by atoms with Gasteiger partial charge in [-0.3, -0.25) is 9.59 Å². The van der Waals surface area contributed by atoms with Crippen LogP contribution in [0.3, 0.4) is 0 Å². The second-order valence-electron chi connectivity index (χ2n) is 7.43. The lowest BCUT2D eigenvalue weighted by Gasteiger charge is -2.37. The Balaban J connectivity index is 1.56. The molecule has 0 aliphatic carbocycles. The van der Waals surface area contributed by atoms with Crippen LogP contribution in [-0.4, -0.2) is 43.0 Å². The molecule has 0 bridgehead atoms. The van der Waals surface area contributed by atoms with E-state index in [0.717, 1.165) is 18.5 Å². The van der Waals surface area contributed by atoms with E-state index in [1.165, 1.54) is 0 Å². The highest BCUT2D eigenvalue weighted by Crippen LogP contribution is 2.45. The first kappa shape index (κ1) is 17.7. The predicted molar refractivity (Wildman–Crippen MR) is 103 cm³/mol. The quantitative estimate of drug-likeness (QED) is 0.910. The first-order valence-electron chi connectivity index (χ1n) is 9.46. The molecule has 2 fully saturated rings. The minimum Gasteiger partial charge on any atom is -0.381 e. The van der Waals surface area contributed by atoms with Crippen molar-refractivity contribution in [3.63, 3.8) is 0 Å². The second kappa shape index (κ2) is 7.53. The molecule has 0 aromatic heterocycles. The number of amides is 2. The molecule has 2 aliphatic rings. The van der Waals surface area contributed by atoms with E-state index in [0.29, 0.717) is 31.9 Å². The van der Waals surface area contributed by atoms with Crippen LogP contribution in [0.2, 0.25) is 0 Å². The summed E-state index contributed by atoms with van der Waals surface area (Å²) in [5.41, 5.74) is 1.25. The number of likely N-dealkylation sites (tertiary alicyclic amines) is 1. The summed E-state index contributed by atoms with van der Waals surface area (Å²) in [6, 6.07) is 18.8. The number of para-hydroxylation sites is 1. The van der Waals surface area contributed by atoms with Gasteiger partial charge in [-0.15, -0.1) is 0 Å². The van der Waals surface area contributed by atoms with Crippen molar-refractivity contribution in [2.24, 2.45) is 11.3 Å². The molecule has 140 valence electrons. The molecule has 5 heteroatoms. The summed E-state index contributed by atoms with van der Waals surface area (Å²) in [6.07, 6.45) is 1.61. The number of carbonyl (C=O) groups excluding carboxylic acids is 2. The van der Waals surface area contributed by atoms with Gasteiger partial charge in [0, 0.05) is 43.0 Å². The Hall–Kier alpha value is -2.66. The molecule has 0 radical (unpaired) electrons. The Bertz CT molecular complexity index is 801. The van der Waals surface area contributed by atoms with Gasteiger partial charge in [-0.25, -0.2) is 0 Å². The SMILES string of the molecule is O=C(Nc1ccccc1)[C@@H]1CN(C(=O)c2ccccc2)CC12CCOCC2. The lowest BCUT2D eigenvalue weighted by molar-refractivity contribution is -0.124. The van der Waals surface area contributed by atoms with E-state index in [1.54, 1.807) is 0 Å². The summed E-state index contributed by atoms with van der Waals surface area (Å²) in [5, 5.41) is 3.04. The summed E-state index contributed by atoms with van der Waals surface area (Å²) in [5.74, 6) is -0.239. The molecule has 2 aliphatic heterocycles. The van der Waals surface area contributed by atoms with Crippen LogP contribution in [0.15, 0.2) is 60.7 Å². The van der Waals surface area contributed by atoms with Crippen molar-refractivity contribution in [3.05, 3.63) is 66.2 Å². The fraction of sp³-hybridized carbons (Fsp3) is 0.364. The van der Waals surface area contributed by atoms with Crippen LogP contribution in [0.25, 0.3) is 0 Å². The minimum absolute atomic E-state index is 0.00326. The zero-order valence-electron chi connectivity index (χ0n) is 15.3. The minimum atomic E-state index is -0.228. The molecule has 1 atom stereocenters. The highest BCUT2D eigenvalue weighted by molar-refractivity contribution is 5.97. The molecule has 0 unspecified atom stereocenters. The van der Waals surface area contributed by atoms with Crippen molar-refractivity contribution in [1.82, 2.24) is 4.90 Å². The van der Waals surface area contributed by atoms with Crippen molar-refractivity contribution in [1.29, 1.82) is 0 Å². The summed E-state index contributed by atoms with van der Waals surface area (Å²) in [6.45, 7) is 2.34. The van der Waals surface area contributed by atoms with Crippen molar-refractivity contribution >= 4 is 17.5 Å². The zero-order chi connectivity index (χ0) is 18.7. The molecule has 4 rings (SSSR count).